The zero-order valence-corrected chi connectivity index (χ0v) is 8.32. The molecule has 3 nitrogen and oxygen atoms in total. The van der Waals surface area contributed by atoms with Crippen LogP contribution in [0, 0.1) is 11.8 Å². The van der Waals surface area contributed by atoms with E-state index in [-0.39, 0.29) is 18.0 Å². The molecule has 2 unspecified atom stereocenters. The maximum Gasteiger partial charge on any atom is 0.305 e. The van der Waals surface area contributed by atoms with E-state index >= 15 is 0 Å². The van der Waals surface area contributed by atoms with E-state index in [4.69, 9.17) is 0 Å². The molecule has 1 N–H and O–H groups in total. The largest absolute Gasteiger partial charge is 0.469 e. The fraction of sp³-hybridized carbons (Fsp3) is 0.900. The summed E-state index contributed by atoms with van der Waals surface area (Å²) in [5.41, 5.74) is 0. The Morgan fingerprint density at radius 2 is 2.23 bits per heavy atom. The van der Waals surface area contributed by atoms with Crippen LogP contribution in [-0.2, 0) is 9.53 Å². The van der Waals surface area contributed by atoms with Crippen LogP contribution in [0.5, 0.6) is 0 Å². The number of methoxy groups -OCH3 is 1. The van der Waals surface area contributed by atoms with Gasteiger partial charge in [0.2, 0.25) is 0 Å². The van der Waals surface area contributed by atoms with Gasteiger partial charge >= 0.3 is 5.97 Å². The van der Waals surface area contributed by atoms with E-state index in [1.165, 1.54) is 13.5 Å². The monoisotopic (exact) mass is 186 g/mol. The Bertz CT molecular complexity index is 175. The van der Waals surface area contributed by atoms with Gasteiger partial charge in [-0.25, -0.2) is 0 Å². The highest BCUT2D eigenvalue weighted by molar-refractivity contribution is 5.69. The lowest BCUT2D eigenvalue weighted by molar-refractivity contribution is -0.143. The topological polar surface area (TPSA) is 46.5 Å². The van der Waals surface area contributed by atoms with Crippen LogP contribution in [0.4, 0.5) is 0 Å². The van der Waals surface area contributed by atoms with Gasteiger partial charge in [-0.3, -0.25) is 4.79 Å². The van der Waals surface area contributed by atoms with Crippen molar-refractivity contribution in [2.45, 2.75) is 38.7 Å². The van der Waals surface area contributed by atoms with Crippen molar-refractivity contribution in [3.05, 3.63) is 0 Å². The van der Waals surface area contributed by atoms with E-state index < -0.39 is 0 Å². The molecule has 76 valence electrons. The van der Waals surface area contributed by atoms with Gasteiger partial charge in [-0.15, -0.1) is 0 Å². The van der Waals surface area contributed by atoms with Crippen molar-refractivity contribution in [2.75, 3.05) is 7.11 Å². The van der Waals surface area contributed by atoms with Crippen LogP contribution in [0.25, 0.3) is 0 Å². The van der Waals surface area contributed by atoms with Crippen LogP contribution in [-0.4, -0.2) is 24.3 Å². The number of carbonyl (C=O) groups excluding carboxylic acids is 1. The van der Waals surface area contributed by atoms with Crippen molar-refractivity contribution in [3.8, 4) is 0 Å². The number of ether oxygens (including phenoxy) is 1. The maximum absolute atomic E-state index is 10.9. The molecular formula is C10H18O3. The zero-order valence-electron chi connectivity index (χ0n) is 8.32. The summed E-state index contributed by atoms with van der Waals surface area (Å²) in [6.45, 7) is 1.90. The first kappa shape index (κ1) is 10.5. The van der Waals surface area contributed by atoms with Crippen molar-refractivity contribution < 1.29 is 14.6 Å². The van der Waals surface area contributed by atoms with Crippen molar-refractivity contribution in [1.29, 1.82) is 0 Å². The highest BCUT2D eigenvalue weighted by atomic mass is 16.5. The number of aliphatic hydroxyl groups is 1. The van der Waals surface area contributed by atoms with E-state index in [1.807, 2.05) is 6.92 Å². The number of hydrogen-bond acceptors (Lipinski definition) is 3. The minimum atomic E-state index is -0.326. The zero-order chi connectivity index (χ0) is 9.84. The molecule has 0 aromatic rings. The average molecular weight is 186 g/mol. The highest BCUT2D eigenvalue weighted by Crippen LogP contribution is 2.33. The van der Waals surface area contributed by atoms with Crippen molar-refractivity contribution in [1.82, 2.24) is 0 Å². The fourth-order valence-corrected chi connectivity index (χ4v) is 1.71. The minimum absolute atomic E-state index is 0.0257. The molecule has 0 aliphatic heterocycles. The third kappa shape index (κ3) is 2.69. The molecule has 13 heavy (non-hydrogen) atoms. The molecule has 0 heterocycles. The first-order valence-corrected chi connectivity index (χ1v) is 4.90. The molecule has 0 saturated heterocycles. The summed E-state index contributed by atoms with van der Waals surface area (Å²) < 4.78 is 4.55. The Morgan fingerprint density at radius 1 is 1.62 bits per heavy atom. The van der Waals surface area contributed by atoms with Gasteiger partial charge in [-0.2, -0.15) is 0 Å². The lowest BCUT2D eigenvalue weighted by atomic mass is 9.76. The molecule has 1 aliphatic carbocycles. The maximum atomic E-state index is 10.9. The Hall–Kier alpha value is -0.570. The predicted molar refractivity (Wildman–Crippen MR) is 49.1 cm³/mol. The van der Waals surface area contributed by atoms with Crippen molar-refractivity contribution in [2.24, 2.45) is 11.8 Å². The van der Waals surface area contributed by atoms with Crippen LogP contribution in [0.1, 0.15) is 32.6 Å². The Kier molecular flexibility index (Phi) is 3.72. The second-order valence-corrected chi connectivity index (χ2v) is 3.94. The number of esters is 1. The van der Waals surface area contributed by atoms with Gasteiger partial charge in [0.15, 0.2) is 0 Å². The van der Waals surface area contributed by atoms with E-state index in [0.717, 1.165) is 12.8 Å². The molecule has 1 rings (SSSR count). The number of carbonyl (C=O) groups is 1. The summed E-state index contributed by atoms with van der Waals surface area (Å²) in [6, 6.07) is 0. The standard InChI is InChI=1S/C10H18O3/c1-7(6-9(11)13-2)10(12)8-4-3-5-8/h7-8,10,12H,3-6H2,1-2H3. The lowest BCUT2D eigenvalue weighted by Gasteiger charge is -2.33. The normalized spacial score (nSPS) is 21.8. The molecule has 0 radical (unpaired) electrons. The van der Waals surface area contributed by atoms with Gasteiger partial charge in [0.05, 0.1) is 19.6 Å². The predicted octanol–water partition coefficient (Wildman–Crippen LogP) is 1.35. The summed E-state index contributed by atoms with van der Waals surface area (Å²) in [4.78, 5) is 10.9. The molecule has 0 aromatic carbocycles. The molecule has 1 aliphatic rings. The Morgan fingerprint density at radius 3 is 2.62 bits per heavy atom. The number of hydrogen-bond donors (Lipinski definition) is 1. The van der Waals surface area contributed by atoms with Crippen molar-refractivity contribution >= 4 is 5.97 Å². The number of aliphatic hydroxyl groups excluding tert-OH is 1. The molecule has 3 heteroatoms. The van der Waals surface area contributed by atoms with Gasteiger partial charge in [-0.05, 0) is 24.7 Å². The Balaban J connectivity index is 2.28. The molecule has 0 aromatic heterocycles. The molecule has 0 amide bonds. The van der Waals surface area contributed by atoms with Crippen LogP contribution in [0.15, 0.2) is 0 Å². The summed E-state index contributed by atoms with van der Waals surface area (Å²) in [5, 5.41) is 9.77. The molecular weight excluding hydrogens is 168 g/mol. The summed E-state index contributed by atoms with van der Waals surface area (Å²) >= 11 is 0. The summed E-state index contributed by atoms with van der Waals surface area (Å²) in [6.07, 6.45) is 3.42. The Labute approximate surface area is 79.1 Å². The van der Waals surface area contributed by atoms with Crippen LogP contribution >= 0.6 is 0 Å². The number of rotatable bonds is 4. The molecule has 2 atom stereocenters. The van der Waals surface area contributed by atoms with Crippen molar-refractivity contribution in [3.63, 3.8) is 0 Å². The average Bonchev–Trinajstić information content (AvgIpc) is 2.00. The third-order valence-electron chi connectivity index (χ3n) is 2.93. The third-order valence-corrected chi connectivity index (χ3v) is 2.93. The van der Waals surface area contributed by atoms with Gasteiger partial charge in [0.1, 0.15) is 0 Å². The molecule has 1 saturated carbocycles. The van der Waals surface area contributed by atoms with Gasteiger partial charge < -0.3 is 9.84 Å². The van der Waals surface area contributed by atoms with Gasteiger partial charge in [-0.1, -0.05) is 13.3 Å². The van der Waals surface area contributed by atoms with Crippen LogP contribution in [0.3, 0.4) is 0 Å². The van der Waals surface area contributed by atoms with Crippen LogP contribution < -0.4 is 0 Å². The lowest BCUT2D eigenvalue weighted by Crippen LogP contribution is -2.33. The van der Waals surface area contributed by atoms with Crippen LogP contribution in [0.2, 0.25) is 0 Å². The van der Waals surface area contributed by atoms with Gasteiger partial charge in [0, 0.05) is 0 Å². The molecule has 0 spiro atoms. The molecule has 0 bridgehead atoms. The van der Waals surface area contributed by atoms with E-state index in [9.17, 15) is 9.90 Å². The smallest absolute Gasteiger partial charge is 0.305 e. The molecule has 1 fully saturated rings. The van der Waals surface area contributed by atoms with E-state index in [0.29, 0.717) is 12.3 Å². The first-order valence-electron chi connectivity index (χ1n) is 4.90. The second-order valence-electron chi connectivity index (χ2n) is 3.94. The fourth-order valence-electron chi connectivity index (χ4n) is 1.71. The summed E-state index contributed by atoms with van der Waals surface area (Å²) in [5.74, 6) is 0.211. The van der Waals surface area contributed by atoms with E-state index in [2.05, 4.69) is 4.74 Å². The van der Waals surface area contributed by atoms with E-state index in [1.54, 1.807) is 0 Å². The minimum Gasteiger partial charge on any atom is -0.469 e. The second kappa shape index (κ2) is 4.61. The SMILES string of the molecule is COC(=O)CC(C)C(O)C1CCC1. The quantitative estimate of drug-likeness (QED) is 0.674. The summed E-state index contributed by atoms with van der Waals surface area (Å²) in [7, 11) is 1.38. The first-order chi connectivity index (χ1) is 6.15. The van der Waals surface area contributed by atoms with Gasteiger partial charge in [0.25, 0.3) is 0 Å². The highest BCUT2D eigenvalue weighted by Gasteiger charge is 2.30.